The number of sulfonamides is 1. The van der Waals surface area contributed by atoms with Crippen molar-refractivity contribution in [2.24, 2.45) is 0 Å². The van der Waals surface area contributed by atoms with Crippen LogP contribution in [0.15, 0.2) is 9.00 Å². The van der Waals surface area contributed by atoms with Crippen LogP contribution in [-0.4, -0.2) is 30.8 Å². The molecule has 2 heterocycles. The summed E-state index contributed by atoms with van der Waals surface area (Å²) in [6.07, 6.45) is 1.80. The predicted molar refractivity (Wildman–Crippen MR) is 57.7 cm³/mol. The standard InChI is InChI=1S/C8H12N2O3S2/c1-6-7(14-8(11)9-6)15(12,13)10-4-2-3-5-10/h2-5H2,1H3,(H,9,11). The van der Waals surface area contributed by atoms with Gasteiger partial charge in [-0.2, -0.15) is 4.31 Å². The van der Waals surface area contributed by atoms with Crippen molar-refractivity contribution in [1.29, 1.82) is 0 Å². The molecule has 7 heteroatoms. The Morgan fingerprint density at radius 3 is 2.40 bits per heavy atom. The Bertz CT molecular complexity index is 508. The van der Waals surface area contributed by atoms with Crippen LogP contribution in [0.1, 0.15) is 18.5 Å². The summed E-state index contributed by atoms with van der Waals surface area (Å²) in [7, 11) is -3.43. The van der Waals surface area contributed by atoms with E-state index < -0.39 is 10.0 Å². The molecule has 5 nitrogen and oxygen atoms in total. The molecule has 0 radical (unpaired) electrons. The minimum atomic E-state index is -3.43. The SMILES string of the molecule is Cc1[nH]c(=O)sc1S(=O)(=O)N1CCCC1. The Morgan fingerprint density at radius 1 is 1.33 bits per heavy atom. The molecule has 0 atom stereocenters. The molecule has 1 fully saturated rings. The van der Waals surface area contributed by atoms with Crippen LogP contribution in [0, 0.1) is 6.92 Å². The van der Waals surface area contributed by atoms with Crippen molar-refractivity contribution in [2.75, 3.05) is 13.1 Å². The van der Waals surface area contributed by atoms with E-state index in [-0.39, 0.29) is 9.08 Å². The Balaban J connectivity index is 2.45. The highest BCUT2D eigenvalue weighted by atomic mass is 32.2. The van der Waals surface area contributed by atoms with E-state index in [1.165, 1.54) is 4.31 Å². The normalized spacial score (nSPS) is 18.5. The van der Waals surface area contributed by atoms with Gasteiger partial charge < -0.3 is 4.98 Å². The first-order valence-corrected chi connectivity index (χ1v) is 6.97. The lowest BCUT2D eigenvalue weighted by Crippen LogP contribution is -2.27. The predicted octanol–water partition coefficient (Wildman–Crippen LogP) is 0.529. The van der Waals surface area contributed by atoms with E-state index in [2.05, 4.69) is 4.98 Å². The van der Waals surface area contributed by atoms with Gasteiger partial charge in [-0.25, -0.2) is 8.42 Å². The van der Waals surface area contributed by atoms with Gasteiger partial charge >= 0.3 is 4.87 Å². The number of thiazole rings is 1. The Hall–Kier alpha value is -0.660. The number of hydrogen-bond acceptors (Lipinski definition) is 4. The quantitative estimate of drug-likeness (QED) is 0.830. The third-order valence-corrected chi connectivity index (χ3v) is 5.90. The highest BCUT2D eigenvalue weighted by Gasteiger charge is 2.30. The summed E-state index contributed by atoms with van der Waals surface area (Å²) in [6.45, 7) is 2.74. The smallest absolute Gasteiger partial charge is 0.305 e. The van der Waals surface area contributed by atoms with Crippen LogP contribution in [0.5, 0.6) is 0 Å². The Kier molecular flexibility index (Phi) is 2.70. The van der Waals surface area contributed by atoms with Crippen LogP contribution < -0.4 is 4.87 Å². The number of aryl methyl sites for hydroxylation is 1. The molecule has 0 unspecified atom stereocenters. The third-order valence-electron chi connectivity index (χ3n) is 2.42. The molecule has 0 aliphatic carbocycles. The van der Waals surface area contributed by atoms with Crippen LogP contribution in [0.2, 0.25) is 0 Å². The molecule has 1 aromatic rings. The molecule has 1 N–H and O–H groups in total. The molecule has 2 rings (SSSR count). The number of aromatic nitrogens is 1. The molecule has 1 aliphatic heterocycles. The van der Waals surface area contributed by atoms with Crippen molar-refractivity contribution in [3.63, 3.8) is 0 Å². The molecule has 1 aromatic heterocycles. The number of hydrogen-bond donors (Lipinski definition) is 1. The second-order valence-electron chi connectivity index (χ2n) is 3.54. The molecule has 0 saturated carbocycles. The zero-order valence-electron chi connectivity index (χ0n) is 8.32. The van der Waals surface area contributed by atoms with Gasteiger partial charge in [0.15, 0.2) is 4.21 Å². The van der Waals surface area contributed by atoms with E-state index in [1.807, 2.05) is 0 Å². The van der Waals surface area contributed by atoms with Gasteiger partial charge in [-0.3, -0.25) is 4.79 Å². The lowest BCUT2D eigenvalue weighted by atomic mass is 10.4. The van der Waals surface area contributed by atoms with E-state index in [9.17, 15) is 13.2 Å². The fourth-order valence-electron chi connectivity index (χ4n) is 1.68. The summed E-state index contributed by atoms with van der Waals surface area (Å²) >= 11 is 0.767. The maximum absolute atomic E-state index is 12.0. The first kappa shape index (κ1) is 10.8. The highest BCUT2D eigenvalue weighted by molar-refractivity contribution is 7.91. The molecule has 1 aliphatic rings. The van der Waals surface area contributed by atoms with Crippen LogP contribution in [0.4, 0.5) is 0 Å². The zero-order chi connectivity index (χ0) is 11.1. The summed E-state index contributed by atoms with van der Waals surface area (Å²) in [4.78, 5) is 13.2. The molecule has 0 aromatic carbocycles. The molecule has 0 bridgehead atoms. The minimum absolute atomic E-state index is 0.161. The van der Waals surface area contributed by atoms with Crippen LogP contribution >= 0.6 is 11.3 Å². The van der Waals surface area contributed by atoms with Crippen molar-refractivity contribution in [1.82, 2.24) is 9.29 Å². The minimum Gasteiger partial charge on any atom is -0.315 e. The monoisotopic (exact) mass is 248 g/mol. The largest absolute Gasteiger partial charge is 0.315 e. The average Bonchev–Trinajstić information content (AvgIpc) is 2.74. The van der Waals surface area contributed by atoms with Crippen LogP contribution in [0.25, 0.3) is 0 Å². The van der Waals surface area contributed by atoms with Gasteiger partial charge in [0.05, 0.1) is 0 Å². The van der Waals surface area contributed by atoms with Crippen LogP contribution in [0.3, 0.4) is 0 Å². The van der Waals surface area contributed by atoms with Crippen molar-refractivity contribution >= 4 is 21.4 Å². The molecular weight excluding hydrogens is 236 g/mol. The van der Waals surface area contributed by atoms with Crippen molar-refractivity contribution in [3.8, 4) is 0 Å². The lowest BCUT2D eigenvalue weighted by molar-refractivity contribution is 0.478. The first-order valence-electron chi connectivity index (χ1n) is 4.71. The average molecular weight is 248 g/mol. The number of nitrogens with one attached hydrogen (secondary N) is 1. The van der Waals surface area contributed by atoms with Gasteiger partial charge in [0.2, 0.25) is 0 Å². The van der Waals surface area contributed by atoms with Crippen molar-refractivity contribution in [3.05, 3.63) is 15.4 Å². The summed E-state index contributed by atoms with van der Waals surface area (Å²) < 4.78 is 25.7. The first-order chi connectivity index (χ1) is 7.01. The molecular formula is C8H12N2O3S2. The number of rotatable bonds is 2. The summed E-state index contributed by atoms with van der Waals surface area (Å²) in [5, 5.41) is 0. The fraction of sp³-hybridized carbons (Fsp3) is 0.625. The summed E-state index contributed by atoms with van der Waals surface area (Å²) in [5.74, 6) is 0. The van der Waals surface area contributed by atoms with E-state index in [4.69, 9.17) is 0 Å². The second kappa shape index (κ2) is 3.73. The van der Waals surface area contributed by atoms with Crippen molar-refractivity contribution in [2.45, 2.75) is 24.0 Å². The van der Waals surface area contributed by atoms with E-state index >= 15 is 0 Å². The molecule has 84 valence electrons. The third kappa shape index (κ3) is 1.86. The van der Waals surface area contributed by atoms with Gasteiger partial charge in [-0.05, 0) is 19.8 Å². The molecule has 0 spiro atoms. The van der Waals surface area contributed by atoms with Gasteiger partial charge in [0, 0.05) is 18.8 Å². The van der Waals surface area contributed by atoms with Gasteiger partial charge in [-0.15, -0.1) is 0 Å². The number of nitrogens with zero attached hydrogens (tertiary/aromatic N) is 1. The van der Waals surface area contributed by atoms with E-state index in [0.29, 0.717) is 18.8 Å². The maximum Gasteiger partial charge on any atom is 0.305 e. The van der Waals surface area contributed by atoms with Crippen molar-refractivity contribution < 1.29 is 8.42 Å². The fourth-order valence-corrected chi connectivity index (χ4v) is 4.63. The Labute approximate surface area is 91.8 Å². The van der Waals surface area contributed by atoms with Gasteiger partial charge in [-0.1, -0.05) is 11.3 Å². The zero-order valence-corrected chi connectivity index (χ0v) is 9.95. The highest BCUT2D eigenvalue weighted by Crippen LogP contribution is 2.24. The summed E-state index contributed by atoms with van der Waals surface area (Å²) in [5.41, 5.74) is 0.442. The Morgan fingerprint density at radius 2 is 1.93 bits per heavy atom. The molecule has 1 saturated heterocycles. The van der Waals surface area contributed by atoms with Crippen LogP contribution in [-0.2, 0) is 10.0 Å². The van der Waals surface area contributed by atoms with Gasteiger partial charge in [0.1, 0.15) is 0 Å². The second-order valence-corrected chi connectivity index (χ2v) is 6.65. The molecule has 15 heavy (non-hydrogen) atoms. The maximum atomic E-state index is 12.0. The molecule has 0 amide bonds. The van der Waals surface area contributed by atoms with E-state index in [1.54, 1.807) is 6.92 Å². The number of aromatic amines is 1. The topological polar surface area (TPSA) is 70.2 Å². The number of H-pyrrole nitrogens is 1. The summed E-state index contributed by atoms with van der Waals surface area (Å²) in [6, 6.07) is 0. The van der Waals surface area contributed by atoms with Gasteiger partial charge in [0.25, 0.3) is 10.0 Å². The van der Waals surface area contributed by atoms with E-state index in [0.717, 1.165) is 24.2 Å². The lowest BCUT2D eigenvalue weighted by Gasteiger charge is -2.13.